The van der Waals surface area contributed by atoms with E-state index in [9.17, 15) is 4.79 Å². The first-order chi connectivity index (χ1) is 9.69. The smallest absolute Gasteiger partial charge is 0.234 e. The van der Waals surface area contributed by atoms with Gasteiger partial charge < -0.3 is 10.6 Å². The third-order valence-corrected chi connectivity index (χ3v) is 5.09. The van der Waals surface area contributed by atoms with Crippen LogP contribution in [-0.2, 0) is 4.79 Å². The van der Waals surface area contributed by atoms with Crippen LogP contribution in [0.25, 0.3) is 0 Å². The van der Waals surface area contributed by atoms with E-state index >= 15 is 0 Å². The molecule has 116 valence electrons. The van der Waals surface area contributed by atoms with E-state index < -0.39 is 0 Å². The van der Waals surface area contributed by atoms with E-state index in [1.54, 1.807) is 0 Å². The topological polar surface area (TPSA) is 44.4 Å². The Labute approximate surface area is 123 Å². The highest BCUT2D eigenvalue weighted by Gasteiger charge is 2.24. The number of hydrogen-bond acceptors (Lipinski definition) is 3. The minimum atomic E-state index is 0.218. The quantitative estimate of drug-likeness (QED) is 0.809. The van der Waals surface area contributed by atoms with Crippen molar-refractivity contribution in [3.05, 3.63) is 0 Å². The Morgan fingerprint density at radius 2 is 1.65 bits per heavy atom. The zero-order chi connectivity index (χ0) is 14.4. The molecule has 0 aromatic heterocycles. The summed E-state index contributed by atoms with van der Waals surface area (Å²) >= 11 is 0. The molecule has 2 aliphatic carbocycles. The van der Waals surface area contributed by atoms with Crippen LogP contribution in [0.5, 0.6) is 0 Å². The van der Waals surface area contributed by atoms with Crippen molar-refractivity contribution < 1.29 is 4.79 Å². The Bertz CT molecular complexity index is 294. The van der Waals surface area contributed by atoms with Gasteiger partial charge in [-0.2, -0.15) is 0 Å². The molecule has 0 heterocycles. The second-order valence-electron chi connectivity index (χ2n) is 6.61. The fraction of sp³-hybridized carbons (Fsp3) is 0.938. The molecule has 0 unspecified atom stereocenters. The number of rotatable bonds is 5. The highest BCUT2D eigenvalue weighted by molar-refractivity contribution is 5.78. The molecule has 4 nitrogen and oxygen atoms in total. The molecule has 1 amide bonds. The van der Waals surface area contributed by atoms with Gasteiger partial charge in [0.1, 0.15) is 0 Å². The summed E-state index contributed by atoms with van der Waals surface area (Å²) in [6.07, 6.45) is 11.1. The van der Waals surface area contributed by atoms with Crippen molar-refractivity contribution in [2.45, 2.75) is 75.9 Å². The first kappa shape index (κ1) is 15.8. The first-order valence-corrected chi connectivity index (χ1v) is 8.36. The maximum absolute atomic E-state index is 12.1. The molecule has 0 bridgehead atoms. The second-order valence-corrected chi connectivity index (χ2v) is 6.61. The average Bonchev–Trinajstić information content (AvgIpc) is 2.48. The van der Waals surface area contributed by atoms with E-state index in [0.717, 1.165) is 0 Å². The van der Waals surface area contributed by atoms with E-state index in [4.69, 9.17) is 0 Å². The van der Waals surface area contributed by atoms with E-state index in [2.05, 4.69) is 22.6 Å². The minimum absolute atomic E-state index is 0.218. The van der Waals surface area contributed by atoms with Crippen molar-refractivity contribution in [3.8, 4) is 0 Å². The molecule has 2 rings (SSSR count). The van der Waals surface area contributed by atoms with E-state index in [-0.39, 0.29) is 5.91 Å². The third-order valence-electron chi connectivity index (χ3n) is 5.09. The molecule has 4 heteroatoms. The number of carbonyl (C=O) groups excluding carboxylic acids is 1. The second kappa shape index (κ2) is 7.99. The molecular formula is C16H31N3O. The molecule has 0 saturated heterocycles. The molecule has 20 heavy (non-hydrogen) atoms. The lowest BCUT2D eigenvalue weighted by molar-refractivity contribution is -0.123. The Morgan fingerprint density at radius 3 is 2.25 bits per heavy atom. The van der Waals surface area contributed by atoms with Gasteiger partial charge in [-0.15, -0.1) is 0 Å². The molecule has 2 saturated carbocycles. The Balaban J connectivity index is 1.68. The molecule has 0 aliphatic heterocycles. The van der Waals surface area contributed by atoms with Gasteiger partial charge >= 0.3 is 0 Å². The number of hydrogen-bond donors (Lipinski definition) is 2. The van der Waals surface area contributed by atoms with Crippen LogP contribution in [0.4, 0.5) is 0 Å². The van der Waals surface area contributed by atoms with E-state index in [1.165, 1.54) is 57.8 Å². The highest BCUT2D eigenvalue weighted by Crippen LogP contribution is 2.22. The number of likely N-dealkylation sites (N-methyl/N-ethyl adjacent to an activating group) is 1. The summed E-state index contributed by atoms with van der Waals surface area (Å²) in [4.78, 5) is 14.4. The van der Waals surface area contributed by atoms with Crippen LogP contribution < -0.4 is 10.6 Å². The van der Waals surface area contributed by atoms with Crippen LogP contribution in [0.2, 0.25) is 0 Å². The number of nitrogens with one attached hydrogen (secondary N) is 2. The van der Waals surface area contributed by atoms with Crippen LogP contribution in [-0.4, -0.2) is 49.6 Å². The summed E-state index contributed by atoms with van der Waals surface area (Å²) in [5.74, 6) is 0.218. The van der Waals surface area contributed by atoms with Crippen LogP contribution in [0.1, 0.15) is 57.8 Å². The predicted molar refractivity (Wildman–Crippen MR) is 82.7 cm³/mol. The summed E-state index contributed by atoms with van der Waals surface area (Å²) in [7, 11) is 4.15. The molecule has 2 aliphatic rings. The number of nitrogens with zero attached hydrogens (tertiary/aromatic N) is 1. The molecule has 2 fully saturated rings. The van der Waals surface area contributed by atoms with Crippen molar-refractivity contribution in [2.24, 2.45) is 0 Å². The summed E-state index contributed by atoms with van der Waals surface area (Å²) in [6, 6.07) is 1.69. The lowest BCUT2D eigenvalue weighted by Crippen LogP contribution is -2.46. The fourth-order valence-corrected chi connectivity index (χ4v) is 3.68. The van der Waals surface area contributed by atoms with E-state index in [0.29, 0.717) is 24.7 Å². The lowest BCUT2D eigenvalue weighted by atomic mass is 9.90. The van der Waals surface area contributed by atoms with Crippen LogP contribution in [0.3, 0.4) is 0 Å². The van der Waals surface area contributed by atoms with Crippen molar-refractivity contribution in [1.82, 2.24) is 15.5 Å². The van der Waals surface area contributed by atoms with Crippen LogP contribution in [0, 0.1) is 0 Å². The van der Waals surface area contributed by atoms with Gasteiger partial charge in [-0.05, 0) is 52.6 Å². The minimum Gasteiger partial charge on any atom is -0.352 e. The molecule has 0 aromatic rings. The number of amides is 1. The summed E-state index contributed by atoms with van der Waals surface area (Å²) in [6.45, 7) is 0.561. The molecule has 0 spiro atoms. The van der Waals surface area contributed by atoms with Gasteiger partial charge in [0.05, 0.1) is 6.54 Å². The predicted octanol–water partition coefficient (Wildman–Crippen LogP) is 1.90. The zero-order valence-electron chi connectivity index (χ0n) is 13.2. The van der Waals surface area contributed by atoms with Crippen molar-refractivity contribution in [1.29, 1.82) is 0 Å². The molecular weight excluding hydrogens is 250 g/mol. The van der Waals surface area contributed by atoms with Gasteiger partial charge in [-0.3, -0.25) is 9.69 Å². The molecule has 0 atom stereocenters. The van der Waals surface area contributed by atoms with Crippen LogP contribution in [0.15, 0.2) is 0 Å². The average molecular weight is 281 g/mol. The van der Waals surface area contributed by atoms with Gasteiger partial charge in [0.25, 0.3) is 0 Å². The zero-order valence-corrected chi connectivity index (χ0v) is 13.2. The molecule has 0 radical (unpaired) electrons. The molecule has 2 N–H and O–H groups in total. The first-order valence-electron chi connectivity index (χ1n) is 8.36. The van der Waals surface area contributed by atoms with Gasteiger partial charge in [0.2, 0.25) is 5.91 Å². The Hall–Kier alpha value is -0.610. The van der Waals surface area contributed by atoms with Crippen molar-refractivity contribution >= 4 is 5.91 Å². The van der Waals surface area contributed by atoms with Crippen molar-refractivity contribution in [2.75, 3.05) is 20.6 Å². The van der Waals surface area contributed by atoms with Gasteiger partial charge in [0, 0.05) is 18.1 Å². The Kier molecular flexibility index (Phi) is 6.30. The summed E-state index contributed by atoms with van der Waals surface area (Å²) in [5, 5.41) is 6.58. The highest BCUT2D eigenvalue weighted by atomic mass is 16.2. The van der Waals surface area contributed by atoms with E-state index in [1.807, 2.05) is 7.05 Å². The molecule has 0 aromatic carbocycles. The third kappa shape index (κ3) is 4.74. The van der Waals surface area contributed by atoms with Crippen LogP contribution >= 0.6 is 0 Å². The van der Waals surface area contributed by atoms with Gasteiger partial charge in [-0.1, -0.05) is 19.3 Å². The normalized spacial score (nSPS) is 28.6. The SMILES string of the molecule is CNC1CCC(N(C)CC(=O)NC2CCCCC2)CC1. The number of carbonyl (C=O) groups is 1. The fourth-order valence-electron chi connectivity index (χ4n) is 3.68. The standard InChI is InChI=1S/C16H31N3O/c1-17-13-8-10-15(11-9-13)19(2)12-16(20)18-14-6-4-3-5-7-14/h13-15,17H,3-12H2,1-2H3,(H,18,20). The lowest BCUT2D eigenvalue weighted by Gasteiger charge is -2.34. The monoisotopic (exact) mass is 281 g/mol. The largest absolute Gasteiger partial charge is 0.352 e. The Morgan fingerprint density at radius 1 is 1.00 bits per heavy atom. The summed E-state index contributed by atoms with van der Waals surface area (Å²) in [5.41, 5.74) is 0. The van der Waals surface area contributed by atoms with Gasteiger partial charge in [0.15, 0.2) is 0 Å². The maximum Gasteiger partial charge on any atom is 0.234 e. The summed E-state index contributed by atoms with van der Waals surface area (Å²) < 4.78 is 0. The van der Waals surface area contributed by atoms with Crippen molar-refractivity contribution in [3.63, 3.8) is 0 Å². The maximum atomic E-state index is 12.1. The van der Waals surface area contributed by atoms with Gasteiger partial charge in [-0.25, -0.2) is 0 Å².